The Bertz CT molecular complexity index is 567. The molecule has 0 saturated heterocycles. The Morgan fingerprint density at radius 3 is 2.86 bits per heavy atom. The number of nitrogens with zero attached hydrogens (tertiary/aromatic N) is 2. The van der Waals surface area contributed by atoms with Crippen LogP contribution in [-0.2, 0) is 13.0 Å². The van der Waals surface area contributed by atoms with Crippen LogP contribution in [0.15, 0.2) is 36.5 Å². The molecule has 0 atom stereocenters. The second kappa shape index (κ2) is 6.79. The van der Waals surface area contributed by atoms with Crippen molar-refractivity contribution in [2.45, 2.75) is 58.0 Å². The molecule has 1 aliphatic carbocycles. The lowest BCUT2D eigenvalue weighted by atomic mass is 9.96. The molecule has 1 N–H and O–H groups in total. The predicted octanol–water partition coefficient (Wildman–Crippen LogP) is 4.56. The monoisotopic (exact) mass is 283 g/mol. The number of anilines is 1. The summed E-state index contributed by atoms with van der Waals surface area (Å²) >= 11 is 0. The van der Waals surface area contributed by atoms with Crippen LogP contribution >= 0.6 is 0 Å². The van der Waals surface area contributed by atoms with Crippen molar-refractivity contribution in [3.05, 3.63) is 47.8 Å². The summed E-state index contributed by atoms with van der Waals surface area (Å²) in [6.07, 6.45) is 9.88. The van der Waals surface area contributed by atoms with E-state index < -0.39 is 0 Å². The lowest BCUT2D eigenvalue weighted by Crippen LogP contribution is -2.13. The minimum absolute atomic E-state index is 0.621. The van der Waals surface area contributed by atoms with Crippen molar-refractivity contribution in [1.82, 2.24) is 9.78 Å². The maximum absolute atomic E-state index is 4.75. The average molecular weight is 283 g/mol. The Balaban J connectivity index is 1.59. The first kappa shape index (κ1) is 14.2. The highest BCUT2D eigenvalue weighted by Crippen LogP contribution is 2.27. The standard InChI is InChI=1S/C18H25N3/c1-2-15-7-6-8-16(13-15)19-14-17-11-12-21(20-17)18-9-4-3-5-10-18/h6-8,11-13,18-19H,2-5,9-10,14H2,1H3. The fraction of sp³-hybridized carbons (Fsp3) is 0.500. The molecule has 3 rings (SSSR count). The zero-order valence-electron chi connectivity index (χ0n) is 12.9. The van der Waals surface area contributed by atoms with E-state index >= 15 is 0 Å². The normalized spacial score (nSPS) is 16.0. The van der Waals surface area contributed by atoms with E-state index in [0.29, 0.717) is 6.04 Å². The van der Waals surface area contributed by atoms with Gasteiger partial charge in [0.25, 0.3) is 0 Å². The van der Waals surface area contributed by atoms with E-state index in [1.807, 2.05) is 0 Å². The fourth-order valence-electron chi connectivity index (χ4n) is 3.11. The van der Waals surface area contributed by atoms with E-state index in [-0.39, 0.29) is 0 Å². The Labute approximate surface area is 127 Å². The maximum Gasteiger partial charge on any atom is 0.0815 e. The molecule has 1 fully saturated rings. The number of aryl methyl sites for hydroxylation is 1. The van der Waals surface area contributed by atoms with Gasteiger partial charge in [0.2, 0.25) is 0 Å². The highest BCUT2D eigenvalue weighted by atomic mass is 15.3. The van der Waals surface area contributed by atoms with Gasteiger partial charge in [-0.15, -0.1) is 0 Å². The molecular formula is C18H25N3. The van der Waals surface area contributed by atoms with Crippen LogP contribution in [0.25, 0.3) is 0 Å². The number of rotatable bonds is 5. The molecule has 0 bridgehead atoms. The molecule has 2 aromatic rings. The van der Waals surface area contributed by atoms with Crippen LogP contribution in [-0.4, -0.2) is 9.78 Å². The minimum atomic E-state index is 0.621. The summed E-state index contributed by atoms with van der Waals surface area (Å²) in [5.74, 6) is 0. The number of nitrogens with one attached hydrogen (secondary N) is 1. The Morgan fingerprint density at radius 2 is 2.05 bits per heavy atom. The Hall–Kier alpha value is -1.77. The van der Waals surface area contributed by atoms with E-state index in [1.165, 1.54) is 43.4 Å². The molecule has 0 spiro atoms. The SMILES string of the molecule is CCc1cccc(NCc2ccn(C3CCCCC3)n2)c1. The Kier molecular flexibility index (Phi) is 4.59. The van der Waals surface area contributed by atoms with Gasteiger partial charge in [0, 0.05) is 11.9 Å². The van der Waals surface area contributed by atoms with Gasteiger partial charge >= 0.3 is 0 Å². The molecule has 1 heterocycles. The molecule has 0 amide bonds. The molecule has 0 unspecified atom stereocenters. The van der Waals surface area contributed by atoms with Crippen LogP contribution in [0.2, 0.25) is 0 Å². The summed E-state index contributed by atoms with van der Waals surface area (Å²) < 4.78 is 2.18. The van der Waals surface area contributed by atoms with E-state index in [9.17, 15) is 0 Å². The van der Waals surface area contributed by atoms with Crippen molar-refractivity contribution in [3.8, 4) is 0 Å². The van der Waals surface area contributed by atoms with Crippen LogP contribution in [0.3, 0.4) is 0 Å². The van der Waals surface area contributed by atoms with Gasteiger partial charge in [-0.3, -0.25) is 4.68 Å². The molecule has 0 radical (unpaired) electrons. The first-order valence-electron chi connectivity index (χ1n) is 8.22. The highest BCUT2D eigenvalue weighted by molar-refractivity contribution is 5.45. The lowest BCUT2D eigenvalue weighted by Gasteiger charge is -2.21. The minimum Gasteiger partial charge on any atom is -0.379 e. The largest absolute Gasteiger partial charge is 0.379 e. The average Bonchev–Trinajstić information content (AvgIpc) is 3.03. The second-order valence-electron chi connectivity index (χ2n) is 5.99. The maximum atomic E-state index is 4.75. The summed E-state index contributed by atoms with van der Waals surface area (Å²) in [5.41, 5.74) is 3.68. The van der Waals surface area contributed by atoms with Crippen molar-refractivity contribution >= 4 is 5.69 Å². The molecular weight excluding hydrogens is 258 g/mol. The Morgan fingerprint density at radius 1 is 1.19 bits per heavy atom. The van der Waals surface area contributed by atoms with Crippen LogP contribution < -0.4 is 5.32 Å². The zero-order valence-corrected chi connectivity index (χ0v) is 12.9. The van der Waals surface area contributed by atoms with Crippen molar-refractivity contribution in [2.75, 3.05) is 5.32 Å². The quantitative estimate of drug-likeness (QED) is 0.871. The summed E-state index contributed by atoms with van der Waals surface area (Å²) in [4.78, 5) is 0. The third kappa shape index (κ3) is 3.66. The topological polar surface area (TPSA) is 29.9 Å². The number of hydrogen-bond acceptors (Lipinski definition) is 2. The van der Waals surface area contributed by atoms with Gasteiger partial charge in [0.05, 0.1) is 18.3 Å². The van der Waals surface area contributed by atoms with E-state index in [2.05, 4.69) is 53.5 Å². The first-order chi connectivity index (χ1) is 10.3. The van der Waals surface area contributed by atoms with Gasteiger partial charge in [-0.1, -0.05) is 38.3 Å². The van der Waals surface area contributed by atoms with Crippen molar-refractivity contribution in [3.63, 3.8) is 0 Å². The smallest absolute Gasteiger partial charge is 0.0815 e. The lowest BCUT2D eigenvalue weighted by molar-refractivity contribution is 0.328. The number of aromatic nitrogens is 2. The molecule has 21 heavy (non-hydrogen) atoms. The zero-order chi connectivity index (χ0) is 14.5. The molecule has 112 valence electrons. The van der Waals surface area contributed by atoms with E-state index in [0.717, 1.165) is 18.7 Å². The van der Waals surface area contributed by atoms with Gasteiger partial charge in [0.1, 0.15) is 0 Å². The van der Waals surface area contributed by atoms with Gasteiger partial charge in [0.15, 0.2) is 0 Å². The third-order valence-corrected chi connectivity index (χ3v) is 4.42. The van der Waals surface area contributed by atoms with Crippen LogP contribution in [0.1, 0.15) is 56.3 Å². The van der Waals surface area contributed by atoms with Gasteiger partial charge in [-0.25, -0.2) is 0 Å². The molecule has 1 aromatic carbocycles. The second-order valence-corrected chi connectivity index (χ2v) is 5.99. The molecule has 3 heteroatoms. The molecule has 3 nitrogen and oxygen atoms in total. The van der Waals surface area contributed by atoms with Gasteiger partial charge < -0.3 is 5.32 Å². The van der Waals surface area contributed by atoms with Crippen molar-refractivity contribution in [2.24, 2.45) is 0 Å². The van der Waals surface area contributed by atoms with Crippen LogP contribution in [0.5, 0.6) is 0 Å². The number of hydrogen-bond donors (Lipinski definition) is 1. The fourth-order valence-corrected chi connectivity index (χ4v) is 3.11. The summed E-state index contributed by atoms with van der Waals surface area (Å²) in [6.45, 7) is 2.98. The van der Waals surface area contributed by atoms with E-state index in [4.69, 9.17) is 5.10 Å². The first-order valence-corrected chi connectivity index (χ1v) is 8.22. The van der Waals surface area contributed by atoms with Gasteiger partial charge in [-0.05, 0) is 43.0 Å². The van der Waals surface area contributed by atoms with Crippen LogP contribution in [0.4, 0.5) is 5.69 Å². The van der Waals surface area contributed by atoms with Crippen LogP contribution in [0, 0.1) is 0 Å². The molecule has 1 aliphatic rings. The van der Waals surface area contributed by atoms with Crippen molar-refractivity contribution in [1.29, 1.82) is 0 Å². The molecule has 1 aromatic heterocycles. The molecule has 0 aliphatic heterocycles. The van der Waals surface area contributed by atoms with E-state index in [1.54, 1.807) is 0 Å². The third-order valence-electron chi connectivity index (χ3n) is 4.42. The predicted molar refractivity (Wildman–Crippen MR) is 87.5 cm³/mol. The summed E-state index contributed by atoms with van der Waals surface area (Å²) in [7, 11) is 0. The summed E-state index contributed by atoms with van der Waals surface area (Å²) in [6, 6.07) is 11.4. The highest BCUT2D eigenvalue weighted by Gasteiger charge is 2.15. The number of benzene rings is 1. The summed E-state index contributed by atoms with van der Waals surface area (Å²) in [5, 5.41) is 8.22. The van der Waals surface area contributed by atoms with Gasteiger partial charge in [-0.2, -0.15) is 5.10 Å². The molecule has 1 saturated carbocycles. The van der Waals surface area contributed by atoms with Crippen molar-refractivity contribution < 1.29 is 0 Å².